The fourth-order valence-electron chi connectivity index (χ4n) is 7.83. The van der Waals surface area contributed by atoms with Crippen molar-refractivity contribution in [3.05, 3.63) is 202 Å². The van der Waals surface area contributed by atoms with Crippen molar-refractivity contribution in [3.63, 3.8) is 0 Å². The molecule has 0 heterocycles. The number of hydrogen-bond donors (Lipinski definition) is 0. The minimum Gasteiger partial charge on any atom is -1.00 e. The molecule has 2 unspecified atom stereocenters. The normalized spacial score (nSPS) is 15.4. The summed E-state index contributed by atoms with van der Waals surface area (Å²) in [5.41, 5.74) is 16.9. The van der Waals surface area contributed by atoms with Crippen LogP contribution in [0.25, 0.3) is 34.4 Å². The topological polar surface area (TPSA) is 0 Å². The molecule has 0 radical (unpaired) electrons. The first-order chi connectivity index (χ1) is 22.7. The van der Waals surface area contributed by atoms with Crippen molar-refractivity contribution in [2.45, 2.75) is 21.1 Å². The Morgan fingerprint density at radius 1 is 0.417 bits per heavy atom. The van der Waals surface area contributed by atoms with E-state index in [4.69, 9.17) is 0 Å². The van der Waals surface area contributed by atoms with Crippen LogP contribution in [0.4, 0.5) is 0 Å². The van der Waals surface area contributed by atoms with Gasteiger partial charge in [-0.25, -0.2) is 0 Å². The summed E-state index contributed by atoms with van der Waals surface area (Å²) in [5.74, 6) is 0. The molecule has 6 aromatic carbocycles. The first-order valence-electron chi connectivity index (χ1n) is 16.3. The number of hydrogen-bond acceptors (Lipinski definition) is 0. The Kier molecular flexibility index (Phi) is 10.4. The molecule has 0 aromatic heterocycles. The van der Waals surface area contributed by atoms with E-state index in [2.05, 4.69) is 184 Å². The summed E-state index contributed by atoms with van der Waals surface area (Å²) in [7, 11) is 0. The standard InChI is InChI=1S/2C16H13.C13H10.2ClH.Zr/c2*1-12-10-14-8-5-9-15(16(14)11-12)13-6-3-2-4-7-13;1-3-7-12(8-4-1)11-13-9-5-2-6-10-13;;;/h2*2-11H,1H3;1-10H;2*1H;/q;;;;;+2/p-2. The number of rotatable bonds is 6. The van der Waals surface area contributed by atoms with E-state index in [0.29, 0.717) is 7.25 Å². The molecular formula is C45H36Cl2Zr. The van der Waals surface area contributed by atoms with E-state index in [1.807, 2.05) is 0 Å². The predicted octanol–water partition coefficient (Wildman–Crippen LogP) is 5.53. The van der Waals surface area contributed by atoms with Crippen molar-refractivity contribution in [1.29, 1.82) is 0 Å². The van der Waals surface area contributed by atoms with Gasteiger partial charge in [-0.15, -0.1) is 0 Å². The summed E-state index contributed by atoms with van der Waals surface area (Å²) in [6.07, 6.45) is 5.04. The van der Waals surface area contributed by atoms with Gasteiger partial charge in [-0.3, -0.25) is 0 Å². The maximum atomic E-state index is 2.52. The number of halogens is 2. The van der Waals surface area contributed by atoms with Gasteiger partial charge in [0, 0.05) is 0 Å². The summed E-state index contributed by atoms with van der Waals surface area (Å²) < 4.78 is 2.43. The molecule has 2 atom stereocenters. The largest absolute Gasteiger partial charge is 1.00 e. The van der Waals surface area contributed by atoms with Crippen molar-refractivity contribution in [3.8, 4) is 22.3 Å². The van der Waals surface area contributed by atoms with Crippen molar-refractivity contribution in [1.82, 2.24) is 0 Å². The average Bonchev–Trinajstić information content (AvgIpc) is 3.63. The minimum absolute atomic E-state index is 0. The molecule has 234 valence electrons. The minimum atomic E-state index is -2.83. The molecule has 0 nitrogen and oxygen atoms in total. The first kappa shape index (κ1) is 34.0. The Morgan fingerprint density at radius 2 is 0.771 bits per heavy atom. The second-order valence-electron chi connectivity index (χ2n) is 12.6. The van der Waals surface area contributed by atoms with Crippen LogP contribution in [0.3, 0.4) is 0 Å². The molecule has 2 aliphatic carbocycles. The van der Waals surface area contributed by atoms with E-state index in [0.717, 1.165) is 0 Å². The van der Waals surface area contributed by atoms with Gasteiger partial charge < -0.3 is 24.8 Å². The van der Waals surface area contributed by atoms with Crippen LogP contribution in [0.1, 0.15) is 54.5 Å². The van der Waals surface area contributed by atoms with E-state index in [9.17, 15) is 0 Å². The summed E-state index contributed by atoms with van der Waals surface area (Å²) in [5, 5.41) is 0. The van der Waals surface area contributed by atoms with Gasteiger partial charge in [0.1, 0.15) is 0 Å². The van der Waals surface area contributed by atoms with Gasteiger partial charge in [-0.05, 0) is 0 Å². The molecule has 0 amide bonds. The van der Waals surface area contributed by atoms with Crippen LogP contribution in [-0.4, -0.2) is 3.21 Å². The molecule has 3 heteroatoms. The zero-order chi connectivity index (χ0) is 31.0. The van der Waals surface area contributed by atoms with E-state index in [1.54, 1.807) is 3.21 Å². The average molecular weight is 739 g/mol. The van der Waals surface area contributed by atoms with Crippen LogP contribution in [-0.2, 0) is 21.3 Å². The molecule has 0 N–H and O–H groups in total. The number of benzene rings is 6. The molecule has 0 saturated heterocycles. The molecule has 0 aliphatic heterocycles. The number of fused-ring (bicyclic) bond motifs is 2. The second kappa shape index (κ2) is 14.7. The quantitative estimate of drug-likeness (QED) is 0.211. The van der Waals surface area contributed by atoms with Crippen molar-refractivity contribution < 1.29 is 46.1 Å². The SMILES string of the molecule is CC1=Cc2c(-c3ccccc3)cccc2[CH]1[Zr+2](=[C](c1ccccc1)c1ccccc1)[CH]1C(C)=Cc2c(-c3ccccc3)cccc21.[Cl-].[Cl-]. The molecule has 2 aliphatic rings. The molecule has 6 aromatic rings. The molecule has 0 fully saturated rings. The van der Waals surface area contributed by atoms with E-state index >= 15 is 0 Å². The van der Waals surface area contributed by atoms with Crippen molar-refractivity contribution in [2.24, 2.45) is 0 Å². The van der Waals surface area contributed by atoms with Gasteiger partial charge in [-0.1, -0.05) is 0 Å². The summed E-state index contributed by atoms with van der Waals surface area (Å²) in [6, 6.07) is 58.5. The van der Waals surface area contributed by atoms with E-state index < -0.39 is 21.3 Å². The van der Waals surface area contributed by atoms with Crippen LogP contribution in [0.5, 0.6) is 0 Å². The van der Waals surface area contributed by atoms with Crippen LogP contribution in [0.2, 0.25) is 0 Å². The van der Waals surface area contributed by atoms with Gasteiger partial charge in [0.2, 0.25) is 0 Å². The Hall–Kier alpha value is -3.87. The Morgan fingerprint density at radius 3 is 1.15 bits per heavy atom. The van der Waals surface area contributed by atoms with E-state index in [1.165, 1.54) is 66.8 Å². The molecule has 48 heavy (non-hydrogen) atoms. The molecule has 0 saturated carbocycles. The van der Waals surface area contributed by atoms with Gasteiger partial charge in [0.15, 0.2) is 0 Å². The smallest absolute Gasteiger partial charge is 1.00 e. The van der Waals surface area contributed by atoms with Gasteiger partial charge in [-0.2, -0.15) is 0 Å². The van der Waals surface area contributed by atoms with Crippen LogP contribution >= 0.6 is 0 Å². The molecule has 0 spiro atoms. The maximum absolute atomic E-state index is 2.83. The fourth-order valence-corrected chi connectivity index (χ4v) is 18.2. The Balaban J connectivity index is 0.00000201. The summed E-state index contributed by atoms with van der Waals surface area (Å²) >= 11 is -2.83. The van der Waals surface area contributed by atoms with Crippen LogP contribution in [0.15, 0.2) is 169 Å². The third-order valence-electron chi connectivity index (χ3n) is 9.76. The van der Waals surface area contributed by atoms with Crippen molar-refractivity contribution in [2.75, 3.05) is 0 Å². The molecule has 0 bridgehead atoms. The van der Waals surface area contributed by atoms with Gasteiger partial charge in [0.25, 0.3) is 0 Å². The van der Waals surface area contributed by atoms with E-state index in [-0.39, 0.29) is 24.8 Å². The molecule has 8 rings (SSSR count). The van der Waals surface area contributed by atoms with Gasteiger partial charge in [0.05, 0.1) is 0 Å². The third-order valence-corrected chi connectivity index (χ3v) is 19.4. The maximum Gasteiger partial charge on any atom is -1.00 e. The van der Waals surface area contributed by atoms with Gasteiger partial charge >= 0.3 is 282 Å². The zero-order valence-corrected chi connectivity index (χ0v) is 31.0. The van der Waals surface area contributed by atoms with Crippen LogP contribution in [0, 0.1) is 0 Å². The summed E-state index contributed by atoms with van der Waals surface area (Å²) in [4.78, 5) is 0. The first-order valence-corrected chi connectivity index (χ1v) is 20.3. The van der Waals surface area contributed by atoms with Crippen molar-refractivity contribution >= 4 is 15.4 Å². The summed E-state index contributed by atoms with van der Waals surface area (Å²) in [6.45, 7) is 4.81. The third kappa shape index (κ3) is 6.10. The number of allylic oxidation sites excluding steroid dienone is 2. The predicted molar refractivity (Wildman–Crippen MR) is 193 cm³/mol. The molecular weight excluding hydrogens is 703 g/mol. The fraction of sp³-hybridized carbons (Fsp3) is 0.0889. The Labute approximate surface area is 304 Å². The Bertz CT molecular complexity index is 1990. The second-order valence-corrected chi connectivity index (χ2v) is 18.9. The zero-order valence-electron chi connectivity index (χ0n) is 27.1. The van der Waals surface area contributed by atoms with Crippen LogP contribution < -0.4 is 24.8 Å². The monoisotopic (exact) mass is 736 g/mol.